The minimum atomic E-state index is -3.83. The third kappa shape index (κ3) is 6.65. The minimum Gasteiger partial charge on any atom is -0.493 e. The molecule has 254 valence electrons. The Balaban J connectivity index is 1.63. The van der Waals surface area contributed by atoms with Gasteiger partial charge in [-0.3, -0.25) is 10.1 Å². The number of aromatic nitrogens is 1. The molecule has 2 atom stereocenters. The average molecular weight is 681 g/mol. The molecule has 1 saturated heterocycles. The van der Waals surface area contributed by atoms with Crippen LogP contribution in [-0.4, -0.2) is 63.4 Å². The number of carbonyl (C=O) groups excluding carboxylic acids is 2. The van der Waals surface area contributed by atoms with E-state index in [4.69, 9.17) is 24.7 Å². The number of hydrogen-bond acceptors (Lipinski definition) is 10. The van der Waals surface area contributed by atoms with Gasteiger partial charge >= 0.3 is 6.09 Å². The van der Waals surface area contributed by atoms with Gasteiger partial charge in [0.2, 0.25) is 6.10 Å². The molecule has 12 nitrogen and oxygen atoms in total. The lowest BCUT2D eigenvalue weighted by atomic mass is 10.0. The van der Waals surface area contributed by atoms with Crippen LogP contribution in [0.1, 0.15) is 50.0 Å². The topological polar surface area (TPSA) is 159 Å². The van der Waals surface area contributed by atoms with E-state index in [2.05, 4.69) is 10.3 Å². The summed E-state index contributed by atoms with van der Waals surface area (Å²) in [5.41, 5.74) is 6.50. The Morgan fingerprint density at radius 2 is 1.75 bits per heavy atom. The Bertz CT molecular complexity index is 1970. The monoisotopic (exact) mass is 680 g/mol. The maximum atomic E-state index is 15.9. The highest BCUT2D eigenvalue weighted by Gasteiger charge is 2.40. The summed E-state index contributed by atoms with van der Waals surface area (Å²) in [6.45, 7) is 3.36. The predicted molar refractivity (Wildman–Crippen MR) is 178 cm³/mol. The third-order valence-electron chi connectivity index (χ3n) is 8.29. The largest absolute Gasteiger partial charge is 0.493 e. The van der Waals surface area contributed by atoms with Gasteiger partial charge in [0.25, 0.3) is 5.91 Å². The van der Waals surface area contributed by atoms with Crippen molar-refractivity contribution in [1.29, 1.82) is 0 Å². The lowest BCUT2D eigenvalue weighted by Crippen LogP contribution is -2.38. The lowest BCUT2D eigenvalue weighted by Gasteiger charge is -2.31. The summed E-state index contributed by atoms with van der Waals surface area (Å²) >= 11 is 0. The molecule has 5 rings (SSSR count). The second-order valence-corrected chi connectivity index (χ2v) is 13.9. The number of halogens is 1. The van der Waals surface area contributed by atoms with Crippen LogP contribution in [-0.2, 0) is 19.4 Å². The van der Waals surface area contributed by atoms with Gasteiger partial charge in [-0.05, 0) is 86.2 Å². The summed E-state index contributed by atoms with van der Waals surface area (Å²) < 4.78 is 64.7. The van der Waals surface area contributed by atoms with Gasteiger partial charge < -0.3 is 29.6 Å². The van der Waals surface area contributed by atoms with Gasteiger partial charge in [-0.15, -0.1) is 0 Å². The number of likely N-dealkylation sites (tertiary alicyclic amines) is 1. The Morgan fingerprint density at radius 1 is 1.02 bits per heavy atom. The number of nitrogens with one attached hydrogen (secondary N) is 1. The molecule has 0 radical (unpaired) electrons. The lowest BCUT2D eigenvalue weighted by molar-refractivity contribution is -0.140. The van der Waals surface area contributed by atoms with Gasteiger partial charge in [-0.1, -0.05) is 0 Å². The van der Waals surface area contributed by atoms with Crippen LogP contribution in [0.15, 0.2) is 65.7 Å². The summed E-state index contributed by atoms with van der Waals surface area (Å²) in [5.74, 6) is -0.522. The molecule has 0 spiro atoms. The van der Waals surface area contributed by atoms with Crippen LogP contribution >= 0.6 is 0 Å². The van der Waals surface area contributed by atoms with Crippen LogP contribution in [0.4, 0.5) is 20.7 Å². The quantitative estimate of drug-likeness (QED) is 0.209. The van der Waals surface area contributed by atoms with Crippen LogP contribution < -0.4 is 25.3 Å². The smallest absolute Gasteiger partial charge is 0.411 e. The number of ether oxygens (including phenoxy) is 4. The number of amides is 2. The number of nitrogen functional groups attached to an aromatic ring is 1. The van der Waals surface area contributed by atoms with E-state index >= 15 is 4.39 Å². The van der Waals surface area contributed by atoms with Crippen LogP contribution in [0.3, 0.4) is 0 Å². The maximum Gasteiger partial charge on any atom is 0.411 e. The summed E-state index contributed by atoms with van der Waals surface area (Å²) in [7, 11) is 0.134. The van der Waals surface area contributed by atoms with Crippen molar-refractivity contribution in [3.63, 3.8) is 0 Å². The van der Waals surface area contributed by atoms with E-state index in [1.165, 1.54) is 50.5 Å². The molecule has 0 bridgehead atoms. The van der Waals surface area contributed by atoms with Gasteiger partial charge in [-0.2, -0.15) is 0 Å². The highest BCUT2D eigenvalue weighted by atomic mass is 32.2. The molecule has 1 fully saturated rings. The fourth-order valence-corrected chi connectivity index (χ4v) is 7.07. The molecular weight excluding hydrogens is 643 g/mol. The molecular formula is C34H37FN4O8S. The van der Waals surface area contributed by atoms with Crippen molar-refractivity contribution in [2.45, 2.75) is 49.0 Å². The molecule has 4 aromatic rings. The summed E-state index contributed by atoms with van der Waals surface area (Å²) in [4.78, 5) is 32.3. The van der Waals surface area contributed by atoms with Crippen LogP contribution in [0.25, 0.3) is 10.8 Å². The zero-order chi connectivity index (χ0) is 34.7. The Hall–Kier alpha value is -5.11. The number of rotatable bonds is 10. The van der Waals surface area contributed by atoms with Crippen molar-refractivity contribution in [3.05, 3.63) is 77.7 Å². The first-order chi connectivity index (χ1) is 22.9. The first-order valence-electron chi connectivity index (χ1n) is 15.1. The number of nitrogens with two attached hydrogens (primary N) is 1. The molecule has 3 N–H and O–H groups in total. The highest BCUT2D eigenvalue weighted by Crippen LogP contribution is 2.42. The van der Waals surface area contributed by atoms with Crippen molar-refractivity contribution in [3.8, 4) is 17.2 Å². The van der Waals surface area contributed by atoms with E-state index in [1.807, 2.05) is 0 Å². The number of carbonyl (C=O) groups is 2. The highest BCUT2D eigenvalue weighted by molar-refractivity contribution is 7.92. The van der Waals surface area contributed by atoms with E-state index in [0.29, 0.717) is 35.0 Å². The minimum absolute atomic E-state index is 0.0214. The summed E-state index contributed by atoms with van der Waals surface area (Å²) in [6.07, 6.45) is 0.194. The normalized spacial score (nSPS) is 15.3. The molecule has 1 aromatic heterocycles. The molecule has 2 unspecified atom stereocenters. The fraction of sp³-hybridized carbons (Fsp3) is 0.324. The first kappa shape index (κ1) is 34.2. The Labute approximate surface area is 277 Å². The summed E-state index contributed by atoms with van der Waals surface area (Å²) in [6, 6.07) is 12.8. The van der Waals surface area contributed by atoms with Crippen molar-refractivity contribution in [2.24, 2.45) is 0 Å². The zero-order valence-corrected chi connectivity index (χ0v) is 28.0. The number of hydrogen-bond donors (Lipinski definition) is 2. The van der Waals surface area contributed by atoms with Crippen LogP contribution in [0.5, 0.6) is 17.2 Å². The molecule has 1 aliphatic rings. The van der Waals surface area contributed by atoms with Crippen LogP contribution in [0.2, 0.25) is 0 Å². The van der Waals surface area contributed by atoms with Crippen molar-refractivity contribution in [1.82, 2.24) is 9.88 Å². The van der Waals surface area contributed by atoms with Gasteiger partial charge in [0, 0.05) is 35.4 Å². The fourth-order valence-electron chi connectivity index (χ4n) is 5.78. The van der Waals surface area contributed by atoms with Crippen molar-refractivity contribution >= 4 is 44.1 Å². The van der Waals surface area contributed by atoms with Crippen LogP contribution in [0, 0.1) is 5.82 Å². The van der Waals surface area contributed by atoms with E-state index in [-0.39, 0.29) is 39.9 Å². The molecule has 2 amide bonds. The van der Waals surface area contributed by atoms with Crippen molar-refractivity contribution < 1.29 is 41.3 Å². The van der Waals surface area contributed by atoms with E-state index in [0.717, 1.165) is 6.07 Å². The first-order valence-corrected chi connectivity index (χ1v) is 16.7. The molecule has 14 heteroatoms. The Kier molecular flexibility index (Phi) is 9.94. The number of fused-ring (bicyclic) bond motifs is 1. The van der Waals surface area contributed by atoms with Gasteiger partial charge in [-0.25, -0.2) is 22.6 Å². The number of pyridine rings is 1. The molecule has 48 heavy (non-hydrogen) atoms. The van der Waals surface area contributed by atoms with Crippen molar-refractivity contribution in [2.75, 3.05) is 38.9 Å². The Morgan fingerprint density at radius 3 is 2.44 bits per heavy atom. The van der Waals surface area contributed by atoms with E-state index < -0.39 is 45.1 Å². The average Bonchev–Trinajstić information content (AvgIpc) is 3.57. The van der Waals surface area contributed by atoms with Gasteiger partial charge in [0.15, 0.2) is 21.3 Å². The molecule has 2 heterocycles. The molecule has 0 aliphatic carbocycles. The van der Waals surface area contributed by atoms with E-state index in [1.54, 1.807) is 44.3 Å². The second kappa shape index (κ2) is 13.9. The number of methoxy groups -OCH3 is 3. The SMILES string of the molecule is COC(=O)Nc1ccc(S(=O)(=O)C(C)C)c(C2CCCN2C(=O)C(Oc2ccc3c(N)nccc3c2)c2cc(OC)c(OC)cc2F)c1. The van der Waals surface area contributed by atoms with Gasteiger partial charge in [0.05, 0.1) is 37.5 Å². The molecule has 1 aliphatic heterocycles. The second-order valence-electron chi connectivity index (χ2n) is 11.5. The summed E-state index contributed by atoms with van der Waals surface area (Å²) in [5, 5.41) is 3.16. The standard InChI is InChI=1S/C34H37FN4O8S/c1-19(2)48(42,43)30-11-8-21(38-34(41)46-5)16-25(30)27-7-6-14-39(27)33(40)31(24-17-28(44-3)29(45-4)18-26(24)35)47-22-9-10-23-20(15-22)12-13-37-32(23)36/h8-13,15-19,27,31H,6-7,14H2,1-5H3,(H2,36,37)(H,38,41). The number of anilines is 2. The number of sulfone groups is 1. The third-order valence-corrected chi connectivity index (χ3v) is 10.5. The molecule has 3 aromatic carbocycles. The zero-order valence-electron chi connectivity index (χ0n) is 27.2. The predicted octanol–water partition coefficient (Wildman–Crippen LogP) is 5.82. The maximum absolute atomic E-state index is 15.9. The van der Waals surface area contributed by atoms with Gasteiger partial charge in [0.1, 0.15) is 17.4 Å². The number of benzene rings is 3. The molecule has 0 saturated carbocycles. The van der Waals surface area contributed by atoms with E-state index in [9.17, 15) is 18.0 Å². The number of nitrogens with zero attached hydrogens (tertiary/aromatic N) is 2.